The van der Waals surface area contributed by atoms with Gasteiger partial charge >= 0.3 is 5.97 Å². The molecule has 2 aliphatic carbocycles. The van der Waals surface area contributed by atoms with Crippen LogP contribution in [-0.4, -0.2) is 44.7 Å². The van der Waals surface area contributed by atoms with E-state index in [1.807, 2.05) is 10.9 Å². The van der Waals surface area contributed by atoms with Crippen LogP contribution in [0.3, 0.4) is 0 Å². The van der Waals surface area contributed by atoms with E-state index < -0.39 is 5.97 Å². The molecule has 0 radical (unpaired) electrons. The highest BCUT2D eigenvalue weighted by atomic mass is 35.5. The molecule has 0 bridgehead atoms. The summed E-state index contributed by atoms with van der Waals surface area (Å²) in [7, 11) is 1.76. The lowest BCUT2D eigenvalue weighted by Gasteiger charge is -2.32. The van der Waals surface area contributed by atoms with Gasteiger partial charge in [-0.05, 0) is 44.9 Å². The van der Waals surface area contributed by atoms with Crippen molar-refractivity contribution in [3.8, 4) is 0 Å². The Labute approximate surface area is 147 Å². The number of methoxy groups -OCH3 is 1. The Kier molecular flexibility index (Phi) is 5.76. The second-order valence-corrected chi connectivity index (χ2v) is 7.81. The van der Waals surface area contributed by atoms with Crippen LogP contribution in [0.15, 0.2) is 6.20 Å². The summed E-state index contributed by atoms with van der Waals surface area (Å²) in [6, 6.07) is 0. The van der Waals surface area contributed by atoms with E-state index in [0.717, 1.165) is 57.2 Å². The van der Waals surface area contributed by atoms with Gasteiger partial charge in [-0.25, -0.2) is 0 Å². The molecule has 6 nitrogen and oxygen atoms in total. The van der Waals surface area contributed by atoms with Crippen LogP contribution in [0.25, 0.3) is 0 Å². The van der Waals surface area contributed by atoms with Crippen LogP contribution in [-0.2, 0) is 16.1 Å². The lowest BCUT2D eigenvalue weighted by atomic mass is 9.81. The number of ether oxygens (including phenoxy) is 1. The van der Waals surface area contributed by atoms with Crippen LogP contribution in [0.4, 0.5) is 0 Å². The van der Waals surface area contributed by atoms with Crippen LogP contribution in [0.5, 0.6) is 0 Å². The summed E-state index contributed by atoms with van der Waals surface area (Å²) in [6.45, 7) is 0.777. The van der Waals surface area contributed by atoms with E-state index in [1.165, 1.54) is 0 Å². The monoisotopic (exact) mass is 355 g/mol. The van der Waals surface area contributed by atoms with Crippen LogP contribution in [0.2, 0.25) is 0 Å². The van der Waals surface area contributed by atoms with E-state index in [9.17, 15) is 4.79 Å². The summed E-state index contributed by atoms with van der Waals surface area (Å²) < 4.78 is 7.51. The number of aromatic nitrogens is 3. The second-order valence-electron chi connectivity index (χ2n) is 7.20. The number of hydrogen-bond acceptors (Lipinski definition) is 4. The first-order chi connectivity index (χ1) is 11.6. The van der Waals surface area contributed by atoms with E-state index in [2.05, 4.69) is 10.3 Å². The molecular weight excluding hydrogens is 330 g/mol. The SMILES string of the molecule is COC1CCC(Cl)CC1Cn1cc(C2CCC(C(=O)O)CC2)nn1. The number of carboxylic acids is 1. The third kappa shape index (κ3) is 4.09. The fourth-order valence-electron chi connectivity index (χ4n) is 4.15. The highest BCUT2D eigenvalue weighted by molar-refractivity contribution is 6.20. The minimum Gasteiger partial charge on any atom is -0.481 e. The molecule has 2 aliphatic rings. The summed E-state index contributed by atoms with van der Waals surface area (Å²) in [5, 5.41) is 17.9. The summed E-state index contributed by atoms with van der Waals surface area (Å²) in [4.78, 5) is 11.1. The van der Waals surface area contributed by atoms with Crippen molar-refractivity contribution in [2.45, 2.75) is 68.9 Å². The Morgan fingerprint density at radius 2 is 2.08 bits per heavy atom. The molecule has 7 heteroatoms. The number of carboxylic acid groups (broad SMARTS) is 1. The molecule has 3 rings (SSSR count). The Bertz CT molecular complexity index is 557. The van der Waals surface area contributed by atoms with Gasteiger partial charge in [0.15, 0.2) is 0 Å². The number of rotatable bonds is 5. The van der Waals surface area contributed by atoms with Gasteiger partial charge in [-0.1, -0.05) is 5.21 Å². The number of hydrogen-bond donors (Lipinski definition) is 1. The maximum Gasteiger partial charge on any atom is 0.306 e. The minimum atomic E-state index is -0.671. The number of alkyl halides is 1. The number of carbonyl (C=O) groups is 1. The van der Waals surface area contributed by atoms with Gasteiger partial charge in [0.2, 0.25) is 0 Å². The predicted molar refractivity (Wildman–Crippen MR) is 90.1 cm³/mol. The molecule has 0 spiro atoms. The number of aliphatic carboxylic acids is 1. The lowest BCUT2D eigenvalue weighted by Crippen LogP contribution is -2.34. The summed E-state index contributed by atoms with van der Waals surface area (Å²) in [6.07, 6.45) is 8.42. The van der Waals surface area contributed by atoms with Crippen molar-refractivity contribution in [3.05, 3.63) is 11.9 Å². The van der Waals surface area contributed by atoms with Crippen molar-refractivity contribution in [3.63, 3.8) is 0 Å². The zero-order valence-corrected chi connectivity index (χ0v) is 14.9. The summed E-state index contributed by atoms with van der Waals surface area (Å²) in [5.74, 6) is -0.166. The summed E-state index contributed by atoms with van der Waals surface area (Å²) >= 11 is 6.32. The molecule has 0 saturated heterocycles. The van der Waals surface area contributed by atoms with Crippen molar-refractivity contribution in [2.24, 2.45) is 11.8 Å². The average Bonchev–Trinajstić information content (AvgIpc) is 3.04. The smallest absolute Gasteiger partial charge is 0.306 e. The Morgan fingerprint density at radius 1 is 1.33 bits per heavy atom. The highest BCUT2D eigenvalue weighted by Gasteiger charge is 2.31. The molecular formula is C17H26ClN3O3. The van der Waals surface area contributed by atoms with Crippen molar-refractivity contribution in [1.29, 1.82) is 0 Å². The van der Waals surface area contributed by atoms with Gasteiger partial charge in [0.25, 0.3) is 0 Å². The van der Waals surface area contributed by atoms with E-state index >= 15 is 0 Å². The van der Waals surface area contributed by atoms with Gasteiger partial charge in [0.05, 0.1) is 17.7 Å². The quantitative estimate of drug-likeness (QED) is 0.821. The van der Waals surface area contributed by atoms with Gasteiger partial charge in [-0.3, -0.25) is 9.48 Å². The second kappa shape index (κ2) is 7.83. The van der Waals surface area contributed by atoms with E-state index in [1.54, 1.807) is 7.11 Å². The van der Waals surface area contributed by atoms with E-state index in [4.69, 9.17) is 21.4 Å². The molecule has 1 N–H and O–H groups in total. The van der Waals surface area contributed by atoms with Gasteiger partial charge in [0, 0.05) is 37.1 Å². The largest absolute Gasteiger partial charge is 0.481 e. The zero-order chi connectivity index (χ0) is 17.1. The Morgan fingerprint density at radius 3 is 2.75 bits per heavy atom. The molecule has 2 fully saturated rings. The molecule has 1 aromatic heterocycles. The maximum atomic E-state index is 11.1. The van der Waals surface area contributed by atoms with E-state index in [-0.39, 0.29) is 17.4 Å². The fraction of sp³-hybridized carbons (Fsp3) is 0.824. The third-order valence-corrected chi connectivity index (χ3v) is 6.02. The van der Waals surface area contributed by atoms with Gasteiger partial charge in [-0.15, -0.1) is 16.7 Å². The average molecular weight is 356 g/mol. The molecule has 3 atom stereocenters. The fourth-order valence-corrected chi connectivity index (χ4v) is 4.50. The van der Waals surface area contributed by atoms with Crippen LogP contribution in [0, 0.1) is 11.8 Å². The molecule has 3 unspecified atom stereocenters. The first kappa shape index (κ1) is 17.7. The van der Waals surface area contributed by atoms with Crippen molar-refractivity contribution < 1.29 is 14.6 Å². The number of nitrogens with zero attached hydrogens (tertiary/aromatic N) is 3. The molecule has 2 saturated carbocycles. The first-order valence-electron chi connectivity index (χ1n) is 8.86. The van der Waals surface area contributed by atoms with Crippen LogP contribution >= 0.6 is 11.6 Å². The maximum absolute atomic E-state index is 11.1. The molecule has 0 amide bonds. The highest BCUT2D eigenvalue weighted by Crippen LogP contribution is 2.35. The number of halogens is 1. The first-order valence-corrected chi connectivity index (χ1v) is 9.30. The topological polar surface area (TPSA) is 77.2 Å². The Balaban J connectivity index is 1.58. The van der Waals surface area contributed by atoms with Gasteiger partial charge in [-0.2, -0.15) is 0 Å². The molecule has 24 heavy (non-hydrogen) atoms. The standard InChI is InChI=1S/C17H26ClN3O3/c1-24-16-7-6-14(18)8-13(16)9-21-10-15(19-20-21)11-2-4-12(5-3-11)17(22)23/h10-14,16H,2-9H2,1H3,(H,22,23). The van der Waals surface area contributed by atoms with Crippen LogP contribution < -0.4 is 0 Å². The normalized spacial score (nSPS) is 34.2. The summed E-state index contributed by atoms with van der Waals surface area (Å²) in [5.41, 5.74) is 0.992. The predicted octanol–water partition coefficient (Wildman–Crippen LogP) is 3.06. The molecule has 0 aliphatic heterocycles. The van der Waals surface area contributed by atoms with Crippen molar-refractivity contribution in [1.82, 2.24) is 15.0 Å². The zero-order valence-electron chi connectivity index (χ0n) is 14.1. The van der Waals surface area contributed by atoms with Crippen molar-refractivity contribution in [2.75, 3.05) is 7.11 Å². The molecule has 1 aromatic rings. The minimum absolute atomic E-state index is 0.193. The van der Waals surface area contributed by atoms with Gasteiger partial charge in [0.1, 0.15) is 0 Å². The van der Waals surface area contributed by atoms with E-state index in [0.29, 0.717) is 11.8 Å². The molecule has 134 valence electrons. The van der Waals surface area contributed by atoms with Crippen LogP contribution in [0.1, 0.15) is 56.6 Å². The third-order valence-electron chi connectivity index (χ3n) is 5.62. The van der Waals surface area contributed by atoms with Crippen molar-refractivity contribution >= 4 is 17.6 Å². The molecule has 0 aromatic carbocycles. The lowest BCUT2D eigenvalue weighted by molar-refractivity contribution is -0.142. The van der Waals surface area contributed by atoms with Gasteiger partial charge < -0.3 is 9.84 Å². The Hall–Kier alpha value is -1.14. The molecule has 1 heterocycles.